The van der Waals surface area contributed by atoms with Crippen molar-refractivity contribution in [1.82, 2.24) is 0 Å². The fraction of sp³-hybridized carbons (Fsp3) is 0.500. The third-order valence-electron chi connectivity index (χ3n) is 1.54. The first-order valence-electron chi connectivity index (χ1n) is 4.11. The van der Waals surface area contributed by atoms with Crippen molar-refractivity contribution in [1.29, 1.82) is 5.26 Å². The van der Waals surface area contributed by atoms with Crippen molar-refractivity contribution in [3.63, 3.8) is 0 Å². The smallest absolute Gasteiger partial charge is 0.0949 e. The van der Waals surface area contributed by atoms with E-state index in [-0.39, 0.29) is 0 Å². The van der Waals surface area contributed by atoms with Crippen molar-refractivity contribution in [2.24, 2.45) is 0 Å². The van der Waals surface area contributed by atoms with E-state index in [1.807, 2.05) is 26.8 Å². The van der Waals surface area contributed by atoms with Gasteiger partial charge in [-0.2, -0.15) is 5.26 Å². The maximum absolute atomic E-state index is 8.52. The van der Waals surface area contributed by atoms with E-state index in [0.29, 0.717) is 0 Å². The van der Waals surface area contributed by atoms with E-state index < -0.39 is 0 Å². The topological polar surface area (TPSA) is 23.8 Å². The van der Waals surface area contributed by atoms with Gasteiger partial charge in [0, 0.05) is 5.57 Å². The van der Waals surface area contributed by atoms with Crippen molar-refractivity contribution in [3.05, 3.63) is 23.3 Å². The van der Waals surface area contributed by atoms with Crippen LogP contribution in [0.25, 0.3) is 0 Å². The molecule has 0 saturated heterocycles. The minimum atomic E-state index is 0.929. The van der Waals surface area contributed by atoms with Gasteiger partial charge in [-0.3, -0.25) is 0 Å². The van der Waals surface area contributed by atoms with Gasteiger partial charge in [0.2, 0.25) is 0 Å². The molecule has 0 aromatic carbocycles. The molecule has 0 spiro atoms. The molecule has 11 heavy (non-hydrogen) atoms. The zero-order chi connectivity index (χ0) is 8.69. The monoisotopic (exact) mass is 149 g/mol. The Morgan fingerprint density at radius 2 is 2.09 bits per heavy atom. The van der Waals surface area contributed by atoms with Crippen LogP contribution in [0.2, 0.25) is 0 Å². The van der Waals surface area contributed by atoms with Gasteiger partial charge < -0.3 is 0 Å². The molecule has 1 rings (SSSR count). The Morgan fingerprint density at radius 3 is 2.45 bits per heavy atom. The van der Waals surface area contributed by atoms with Crippen LogP contribution in [0.5, 0.6) is 0 Å². The molecule has 0 bridgehead atoms. The fourth-order valence-electron chi connectivity index (χ4n) is 0.930. The molecule has 0 aromatic rings. The highest BCUT2D eigenvalue weighted by atomic mass is 14.3. The molecular formula is C10H15N. The van der Waals surface area contributed by atoms with Crippen LogP contribution in [0, 0.1) is 11.3 Å². The predicted octanol–water partition coefficient (Wildman–Crippen LogP) is 3.20. The lowest BCUT2D eigenvalue weighted by molar-refractivity contribution is 0.973. The number of hydrogen-bond acceptors (Lipinski definition) is 1. The molecule has 1 aliphatic carbocycles. The highest BCUT2D eigenvalue weighted by molar-refractivity contribution is 5.36. The maximum atomic E-state index is 8.52. The fourth-order valence-corrected chi connectivity index (χ4v) is 0.930. The standard InChI is InChI=1S/C8H9N.C2H6/c1-7-4-2-3-5-8(7)6-9;1-2/h2,4H,3,5H2,1H3;1-2H3. The summed E-state index contributed by atoms with van der Waals surface area (Å²) >= 11 is 0. The van der Waals surface area contributed by atoms with Gasteiger partial charge in [0.25, 0.3) is 0 Å². The van der Waals surface area contributed by atoms with Crippen molar-refractivity contribution in [2.45, 2.75) is 33.6 Å². The van der Waals surface area contributed by atoms with Crippen LogP contribution in [-0.4, -0.2) is 0 Å². The molecule has 0 atom stereocenters. The average molecular weight is 149 g/mol. The zero-order valence-corrected chi connectivity index (χ0v) is 7.52. The molecule has 0 N–H and O–H groups in total. The van der Waals surface area contributed by atoms with Gasteiger partial charge in [0.15, 0.2) is 0 Å². The third kappa shape index (κ3) is 3.04. The molecular weight excluding hydrogens is 134 g/mol. The first-order chi connectivity index (χ1) is 5.34. The largest absolute Gasteiger partial charge is 0.193 e. The number of hydrogen-bond donors (Lipinski definition) is 0. The van der Waals surface area contributed by atoms with Gasteiger partial charge >= 0.3 is 0 Å². The van der Waals surface area contributed by atoms with Crippen molar-refractivity contribution >= 4 is 0 Å². The van der Waals surface area contributed by atoms with Crippen molar-refractivity contribution in [2.75, 3.05) is 0 Å². The maximum Gasteiger partial charge on any atom is 0.0949 e. The van der Waals surface area contributed by atoms with Crippen molar-refractivity contribution < 1.29 is 0 Å². The Kier molecular flexibility index (Phi) is 5.20. The molecule has 1 nitrogen and oxygen atoms in total. The van der Waals surface area contributed by atoms with E-state index in [2.05, 4.69) is 12.1 Å². The summed E-state index contributed by atoms with van der Waals surface area (Å²) in [6, 6.07) is 2.18. The molecule has 0 aromatic heterocycles. The van der Waals surface area contributed by atoms with Crippen LogP contribution < -0.4 is 0 Å². The van der Waals surface area contributed by atoms with Gasteiger partial charge in [-0.05, 0) is 25.3 Å². The summed E-state index contributed by atoms with van der Waals surface area (Å²) in [5.41, 5.74) is 2.07. The van der Waals surface area contributed by atoms with Crippen LogP contribution in [-0.2, 0) is 0 Å². The van der Waals surface area contributed by atoms with E-state index >= 15 is 0 Å². The first kappa shape index (κ1) is 9.97. The Morgan fingerprint density at radius 1 is 1.45 bits per heavy atom. The summed E-state index contributed by atoms with van der Waals surface area (Å²) in [4.78, 5) is 0. The molecule has 0 fully saturated rings. The van der Waals surface area contributed by atoms with Gasteiger partial charge in [0.05, 0.1) is 6.07 Å². The van der Waals surface area contributed by atoms with Crippen LogP contribution in [0.3, 0.4) is 0 Å². The molecule has 0 unspecified atom stereocenters. The van der Waals surface area contributed by atoms with Gasteiger partial charge in [0.1, 0.15) is 0 Å². The SMILES string of the molecule is CC.CC1=C(C#N)CCC=C1. The van der Waals surface area contributed by atoms with Crippen molar-refractivity contribution in [3.8, 4) is 6.07 Å². The second kappa shape index (κ2) is 5.73. The summed E-state index contributed by atoms with van der Waals surface area (Å²) in [7, 11) is 0. The molecule has 60 valence electrons. The van der Waals surface area contributed by atoms with E-state index in [1.165, 1.54) is 0 Å². The van der Waals surface area contributed by atoms with Gasteiger partial charge in [-0.15, -0.1) is 0 Å². The lowest BCUT2D eigenvalue weighted by atomic mass is 10.0. The summed E-state index contributed by atoms with van der Waals surface area (Å²) in [5.74, 6) is 0. The normalized spacial score (nSPS) is 15.1. The van der Waals surface area contributed by atoms with Gasteiger partial charge in [-0.25, -0.2) is 0 Å². The van der Waals surface area contributed by atoms with E-state index in [4.69, 9.17) is 5.26 Å². The third-order valence-corrected chi connectivity index (χ3v) is 1.54. The number of nitrogens with zero attached hydrogens (tertiary/aromatic N) is 1. The second-order valence-corrected chi connectivity index (χ2v) is 2.21. The minimum absolute atomic E-state index is 0.929. The van der Waals surface area contributed by atoms with Crippen LogP contribution >= 0.6 is 0 Å². The molecule has 0 radical (unpaired) electrons. The molecule has 0 amide bonds. The molecule has 1 heteroatoms. The first-order valence-corrected chi connectivity index (χ1v) is 4.11. The Bertz CT molecular complexity index is 203. The summed E-state index contributed by atoms with van der Waals surface area (Å²) in [6.07, 6.45) is 6.08. The quantitative estimate of drug-likeness (QED) is 0.519. The zero-order valence-electron chi connectivity index (χ0n) is 7.52. The highest BCUT2D eigenvalue weighted by Gasteiger charge is 2.01. The minimum Gasteiger partial charge on any atom is -0.193 e. The Balaban J connectivity index is 0.000000461. The predicted molar refractivity (Wildman–Crippen MR) is 48.0 cm³/mol. The molecule has 1 aliphatic rings. The second-order valence-electron chi connectivity index (χ2n) is 2.21. The number of nitriles is 1. The lowest BCUT2D eigenvalue weighted by Gasteiger charge is -2.03. The molecule has 0 heterocycles. The van der Waals surface area contributed by atoms with E-state index in [0.717, 1.165) is 24.0 Å². The lowest BCUT2D eigenvalue weighted by Crippen LogP contribution is -1.88. The van der Waals surface area contributed by atoms with Gasteiger partial charge in [-0.1, -0.05) is 26.0 Å². The number of allylic oxidation sites excluding steroid dienone is 4. The van der Waals surface area contributed by atoms with E-state index in [1.54, 1.807) is 0 Å². The summed E-state index contributed by atoms with van der Waals surface area (Å²) in [5, 5.41) is 8.52. The Hall–Kier alpha value is -1.03. The van der Waals surface area contributed by atoms with Crippen LogP contribution in [0.15, 0.2) is 23.3 Å². The Labute approximate surface area is 69.0 Å². The van der Waals surface area contributed by atoms with E-state index in [9.17, 15) is 0 Å². The number of rotatable bonds is 0. The molecule has 0 saturated carbocycles. The van der Waals surface area contributed by atoms with Crippen LogP contribution in [0.1, 0.15) is 33.6 Å². The highest BCUT2D eigenvalue weighted by Crippen LogP contribution is 2.16. The summed E-state index contributed by atoms with van der Waals surface area (Å²) in [6.45, 7) is 5.98. The average Bonchev–Trinajstić information content (AvgIpc) is 2.09. The summed E-state index contributed by atoms with van der Waals surface area (Å²) < 4.78 is 0. The molecule has 0 aliphatic heterocycles. The van der Waals surface area contributed by atoms with Crippen LogP contribution in [0.4, 0.5) is 0 Å².